The van der Waals surface area contributed by atoms with Crippen molar-refractivity contribution in [3.63, 3.8) is 0 Å². The average Bonchev–Trinajstić information content (AvgIpc) is 2.89. The monoisotopic (exact) mass is 358 g/mol. The Labute approximate surface area is 146 Å². The van der Waals surface area contributed by atoms with Gasteiger partial charge in [0.2, 0.25) is 0 Å². The zero-order chi connectivity index (χ0) is 18.2. The molecule has 1 heterocycles. The summed E-state index contributed by atoms with van der Waals surface area (Å²) in [5.41, 5.74) is 3.20. The first kappa shape index (κ1) is 17.0. The van der Waals surface area contributed by atoms with Crippen LogP contribution in [0.4, 0.5) is 11.4 Å². The molecule has 7 heteroatoms. The third-order valence-electron chi connectivity index (χ3n) is 3.89. The van der Waals surface area contributed by atoms with Crippen LogP contribution in [0.5, 0.6) is 5.75 Å². The molecule has 2 N–H and O–H groups in total. The van der Waals surface area contributed by atoms with Crippen LogP contribution in [-0.4, -0.2) is 21.4 Å². The van der Waals surface area contributed by atoms with Crippen molar-refractivity contribution >= 4 is 32.9 Å². The van der Waals surface area contributed by atoms with Crippen LogP contribution in [0.15, 0.2) is 52.9 Å². The van der Waals surface area contributed by atoms with Crippen molar-refractivity contribution in [2.75, 3.05) is 17.1 Å². The van der Waals surface area contributed by atoms with Crippen molar-refractivity contribution in [3.05, 3.63) is 53.6 Å². The zero-order valence-corrected chi connectivity index (χ0v) is 14.9. The summed E-state index contributed by atoms with van der Waals surface area (Å²) in [6.45, 7) is 3.69. The molecule has 0 radical (unpaired) electrons. The van der Waals surface area contributed by atoms with Gasteiger partial charge in [0, 0.05) is 22.5 Å². The molecule has 1 aliphatic rings. The van der Waals surface area contributed by atoms with Gasteiger partial charge in [0.1, 0.15) is 5.75 Å². The van der Waals surface area contributed by atoms with E-state index in [0.717, 1.165) is 5.57 Å². The molecule has 0 saturated carbocycles. The molecule has 1 aliphatic heterocycles. The molecule has 0 saturated heterocycles. The fraction of sp³-hybridized carbons (Fsp3) is 0.167. The van der Waals surface area contributed by atoms with Crippen LogP contribution in [0.1, 0.15) is 19.4 Å². The Morgan fingerprint density at radius 1 is 1.08 bits per heavy atom. The number of rotatable bonds is 4. The van der Waals surface area contributed by atoms with Crippen LogP contribution in [0.25, 0.3) is 5.57 Å². The molecule has 25 heavy (non-hydrogen) atoms. The molecular weight excluding hydrogens is 340 g/mol. The molecule has 1 amide bonds. The average molecular weight is 358 g/mol. The van der Waals surface area contributed by atoms with Crippen molar-refractivity contribution in [2.24, 2.45) is 0 Å². The van der Waals surface area contributed by atoms with Gasteiger partial charge >= 0.3 is 0 Å². The lowest BCUT2D eigenvalue weighted by Gasteiger charge is -2.10. The Morgan fingerprint density at radius 2 is 1.76 bits per heavy atom. The zero-order valence-electron chi connectivity index (χ0n) is 14.1. The number of ether oxygens (including phenoxy) is 1. The number of amides is 1. The molecular formula is C18H18N2O4S. The summed E-state index contributed by atoms with van der Waals surface area (Å²) in [4.78, 5) is 12.2. The summed E-state index contributed by atoms with van der Waals surface area (Å²) in [6.07, 6.45) is 0. The van der Waals surface area contributed by atoms with Gasteiger partial charge in [-0.1, -0.05) is 5.57 Å². The van der Waals surface area contributed by atoms with E-state index in [-0.39, 0.29) is 10.8 Å². The molecule has 3 rings (SSSR count). The van der Waals surface area contributed by atoms with E-state index < -0.39 is 10.0 Å². The second-order valence-corrected chi connectivity index (χ2v) is 7.55. The fourth-order valence-electron chi connectivity index (χ4n) is 2.70. The molecule has 0 aliphatic carbocycles. The normalized spacial score (nSPS) is 13.2. The minimum absolute atomic E-state index is 0.130. The number of allylic oxidation sites excluding steroid dienone is 1. The van der Waals surface area contributed by atoms with Crippen LogP contribution in [0.3, 0.4) is 0 Å². The summed E-state index contributed by atoms with van der Waals surface area (Å²) in [6, 6.07) is 11.1. The molecule has 0 spiro atoms. The minimum atomic E-state index is -3.73. The number of hydrogen-bond donors (Lipinski definition) is 2. The van der Waals surface area contributed by atoms with E-state index in [1.807, 2.05) is 13.8 Å². The highest BCUT2D eigenvalue weighted by atomic mass is 32.2. The number of nitrogens with one attached hydrogen (secondary N) is 2. The lowest BCUT2D eigenvalue weighted by molar-refractivity contribution is -0.110. The highest BCUT2D eigenvalue weighted by Gasteiger charge is 2.26. The van der Waals surface area contributed by atoms with Crippen LogP contribution < -0.4 is 14.8 Å². The Balaban J connectivity index is 1.94. The molecule has 0 fully saturated rings. The van der Waals surface area contributed by atoms with E-state index in [1.165, 1.54) is 19.2 Å². The third-order valence-corrected chi connectivity index (χ3v) is 5.28. The summed E-state index contributed by atoms with van der Waals surface area (Å²) in [5.74, 6) is 0.402. The second-order valence-electron chi connectivity index (χ2n) is 5.87. The summed E-state index contributed by atoms with van der Waals surface area (Å²) >= 11 is 0. The smallest absolute Gasteiger partial charge is 0.261 e. The number of methoxy groups -OCH3 is 1. The fourth-order valence-corrected chi connectivity index (χ4v) is 3.75. The van der Waals surface area contributed by atoms with Crippen LogP contribution in [-0.2, 0) is 14.8 Å². The van der Waals surface area contributed by atoms with E-state index in [0.29, 0.717) is 28.3 Å². The van der Waals surface area contributed by atoms with Crippen molar-refractivity contribution in [1.29, 1.82) is 0 Å². The van der Waals surface area contributed by atoms with Crippen molar-refractivity contribution in [1.82, 2.24) is 0 Å². The number of carbonyl (C=O) groups excluding carboxylic acids is 1. The molecule has 2 aromatic rings. The lowest BCUT2D eigenvalue weighted by atomic mass is 10.0. The minimum Gasteiger partial charge on any atom is -0.497 e. The standard InChI is InChI=1S/C18H18N2O4S/c1-11(2)17-15-10-12(4-9-16(15)19-18(17)21)20-25(22,23)14-7-5-13(24-3)6-8-14/h4-10,20H,1-3H3,(H,19,21). The third kappa shape index (κ3) is 3.23. The number of benzene rings is 2. The lowest BCUT2D eigenvalue weighted by Crippen LogP contribution is -2.13. The summed E-state index contributed by atoms with van der Waals surface area (Å²) < 4.78 is 32.7. The van der Waals surface area contributed by atoms with E-state index in [1.54, 1.807) is 30.3 Å². The van der Waals surface area contributed by atoms with Gasteiger partial charge in [-0.15, -0.1) is 0 Å². The Kier molecular flexibility index (Phi) is 4.26. The molecule has 2 aromatic carbocycles. The summed E-state index contributed by atoms with van der Waals surface area (Å²) in [5, 5.41) is 2.78. The van der Waals surface area contributed by atoms with Crippen molar-refractivity contribution < 1.29 is 17.9 Å². The molecule has 130 valence electrons. The van der Waals surface area contributed by atoms with E-state index >= 15 is 0 Å². The maximum atomic E-state index is 12.5. The van der Waals surface area contributed by atoms with Gasteiger partial charge in [-0.2, -0.15) is 0 Å². The number of fused-ring (bicyclic) bond motifs is 1. The first-order valence-electron chi connectivity index (χ1n) is 7.62. The topological polar surface area (TPSA) is 84.5 Å². The SMILES string of the molecule is COc1ccc(S(=O)(=O)Nc2ccc3c(c2)C(=C(C)C)C(=O)N3)cc1. The van der Waals surface area contributed by atoms with Gasteiger partial charge in [-0.05, 0) is 56.3 Å². The van der Waals surface area contributed by atoms with Crippen molar-refractivity contribution in [3.8, 4) is 5.75 Å². The summed E-state index contributed by atoms with van der Waals surface area (Å²) in [7, 11) is -2.22. The van der Waals surface area contributed by atoms with Gasteiger partial charge in [-0.3, -0.25) is 9.52 Å². The van der Waals surface area contributed by atoms with Crippen LogP contribution in [0, 0.1) is 0 Å². The largest absolute Gasteiger partial charge is 0.497 e. The highest BCUT2D eigenvalue weighted by Crippen LogP contribution is 2.36. The molecule has 0 atom stereocenters. The van der Waals surface area contributed by atoms with Crippen LogP contribution in [0.2, 0.25) is 0 Å². The Hall–Kier alpha value is -2.80. The van der Waals surface area contributed by atoms with E-state index in [2.05, 4.69) is 10.0 Å². The maximum Gasteiger partial charge on any atom is 0.261 e. The van der Waals surface area contributed by atoms with E-state index in [9.17, 15) is 13.2 Å². The molecule has 0 aromatic heterocycles. The number of sulfonamides is 1. The first-order valence-corrected chi connectivity index (χ1v) is 9.10. The quantitative estimate of drug-likeness (QED) is 0.822. The molecule has 0 bridgehead atoms. The predicted octanol–water partition coefficient (Wildman–Crippen LogP) is 3.24. The van der Waals surface area contributed by atoms with E-state index in [4.69, 9.17) is 4.74 Å². The van der Waals surface area contributed by atoms with Gasteiger partial charge in [0.15, 0.2) is 0 Å². The Bertz CT molecular complexity index is 973. The maximum absolute atomic E-state index is 12.5. The Morgan fingerprint density at radius 3 is 2.36 bits per heavy atom. The van der Waals surface area contributed by atoms with Gasteiger partial charge in [0.25, 0.3) is 15.9 Å². The number of hydrogen-bond acceptors (Lipinski definition) is 4. The second kappa shape index (κ2) is 6.25. The highest BCUT2D eigenvalue weighted by molar-refractivity contribution is 7.92. The van der Waals surface area contributed by atoms with Crippen LogP contribution >= 0.6 is 0 Å². The van der Waals surface area contributed by atoms with Gasteiger partial charge < -0.3 is 10.1 Å². The van der Waals surface area contributed by atoms with Crippen molar-refractivity contribution in [2.45, 2.75) is 18.7 Å². The molecule has 6 nitrogen and oxygen atoms in total. The number of anilines is 2. The molecule has 0 unspecified atom stereocenters. The van der Waals surface area contributed by atoms with Gasteiger partial charge in [0.05, 0.1) is 12.0 Å². The predicted molar refractivity (Wildman–Crippen MR) is 97.1 cm³/mol. The number of carbonyl (C=O) groups is 1. The first-order chi connectivity index (χ1) is 11.8. The van der Waals surface area contributed by atoms with Gasteiger partial charge in [-0.25, -0.2) is 8.42 Å².